The number of carbonyl (C=O) groups is 4. The number of fused-ring (bicyclic) bond motifs is 3. The van der Waals surface area contributed by atoms with Crippen LogP contribution in [0.4, 0.5) is 0 Å². The van der Waals surface area contributed by atoms with Crippen LogP contribution in [-0.2, 0) is 4.74 Å². The molecule has 9 heterocycles. The maximum absolute atomic E-state index is 11.3. The molecule has 0 saturated carbocycles. The number of alkyl halides is 1. The van der Waals surface area contributed by atoms with Gasteiger partial charge in [0.05, 0.1) is 17.5 Å². The molecule has 1 saturated heterocycles. The zero-order valence-electron chi connectivity index (χ0n) is 33.7. The Morgan fingerprint density at radius 1 is 0.735 bits per heavy atom. The zero-order chi connectivity index (χ0) is 46.3. The van der Waals surface area contributed by atoms with Gasteiger partial charge >= 0.3 is 54.3 Å². The quantitative estimate of drug-likeness (QED) is 0.0201. The molecule has 8 aromatic heterocycles. The van der Waals surface area contributed by atoms with Crippen LogP contribution in [0.1, 0.15) is 89.2 Å². The second-order valence-corrected chi connectivity index (χ2v) is 13.4. The molecular formula is C37H40BBrCl4N18NaO5S. The van der Waals surface area contributed by atoms with Crippen LogP contribution in [0.2, 0.25) is 10.3 Å². The number of thiol groups is 1. The van der Waals surface area contributed by atoms with E-state index in [2.05, 4.69) is 97.2 Å². The van der Waals surface area contributed by atoms with Crippen LogP contribution in [0, 0.1) is 0 Å². The fraction of sp³-hybridized carbons (Fsp3) is 0.216. The molecule has 23 nitrogen and oxygen atoms in total. The second-order valence-electron chi connectivity index (χ2n) is 11.5. The summed E-state index contributed by atoms with van der Waals surface area (Å²) in [7, 11) is 4.34. The number of aromatic nitrogens is 14. The van der Waals surface area contributed by atoms with Gasteiger partial charge in [-0.15, -0.1) is 27.7 Å². The van der Waals surface area contributed by atoms with E-state index in [1.165, 1.54) is 52.3 Å². The predicted octanol–water partition coefficient (Wildman–Crippen LogP) is 5.66. The molecule has 1 atom stereocenters. The Morgan fingerprint density at radius 2 is 1.10 bits per heavy atom. The third kappa shape index (κ3) is 23.2. The maximum Gasteiger partial charge on any atom is 1.00 e. The number of nitrogens with zero attached hydrogens (tertiary/aromatic N) is 18. The number of Topliss-reactive ketones (excluding diaryl/α,β-unsaturated/α-hetero) is 3. The smallest absolute Gasteiger partial charge is 0.373 e. The summed E-state index contributed by atoms with van der Waals surface area (Å²) < 4.78 is 12.4. The topological polar surface area (TPSA) is 307 Å². The molecule has 1 aliphatic heterocycles. The number of ether oxygens (including phenoxy) is 1. The van der Waals surface area contributed by atoms with E-state index >= 15 is 0 Å². The van der Waals surface area contributed by atoms with E-state index in [4.69, 9.17) is 50.6 Å². The summed E-state index contributed by atoms with van der Waals surface area (Å²) in [4.78, 5) is 52.2. The number of halogens is 5. The van der Waals surface area contributed by atoms with Crippen LogP contribution >= 0.6 is 76.0 Å². The molecule has 8 aromatic rings. The summed E-state index contributed by atoms with van der Waals surface area (Å²) in [5.74, 6) is 0.0222. The van der Waals surface area contributed by atoms with Crippen LogP contribution in [-0.4, -0.2) is 112 Å². The molecule has 1 aliphatic rings. The van der Waals surface area contributed by atoms with E-state index < -0.39 is 5.24 Å². The second kappa shape index (κ2) is 35.8. The van der Waals surface area contributed by atoms with Crippen LogP contribution in [0.25, 0.3) is 32.9 Å². The fourth-order valence-corrected chi connectivity index (χ4v) is 4.86. The van der Waals surface area contributed by atoms with E-state index in [1.54, 1.807) is 53.3 Å². The zero-order valence-corrected chi connectivity index (χ0v) is 41.3. The number of hydrogen-bond acceptors (Lipinski definition) is 18. The van der Waals surface area contributed by atoms with Gasteiger partial charge in [0.1, 0.15) is 16.4 Å². The Bertz CT molecular complexity index is 2770. The molecule has 0 spiro atoms. The molecule has 0 aromatic carbocycles. The molecule has 0 amide bonds. The first-order valence-corrected chi connectivity index (χ1v) is 19.6. The number of tetrazole rings is 3. The first kappa shape index (κ1) is 67.0. The molecule has 68 heavy (non-hydrogen) atoms. The predicted molar refractivity (Wildman–Crippen MR) is 263 cm³/mol. The van der Waals surface area contributed by atoms with Gasteiger partial charge in [0.15, 0.2) is 34.3 Å². The van der Waals surface area contributed by atoms with Crippen molar-refractivity contribution in [3.8, 4) is 0 Å². The van der Waals surface area contributed by atoms with Gasteiger partial charge in [0.25, 0.3) is 5.24 Å². The average molecular weight is 1100 g/mol. The summed E-state index contributed by atoms with van der Waals surface area (Å²) in [6, 6.07) is 17.0. The van der Waals surface area contributed by atoms with Crippen molar-refractivity contribution in [1.29, 1.82) is 0 Å². The fourth-order valence-electron chi connectivity index (χ4n) is 4.20. The summed E-state index contributed by atoms with van der Waals surface area (Å²) in [5.41, 5.74) is 18.8. The summed E-state index contributed by atoms with van der Waals surface area (Å²) in [5, 5.41) is 33.4. The van der Waals surface area contributed by atoms with Gasteiger partial charge in [0.2, 0.25) is 0 Å². The van der Waals surface area contributed by atoms with Crippen LogP contribution in [0.5, 0.6) is 0 Å². The SMILES string of the molecule is C.C.C.CC(=O)c1ccc(Cl)nc1.CC(=O)c1ccc2nnnn2c1.Cl.O=C(CBr)c1ccc2nnnn2c1.O=C(Cl)c1ccc(Cl)nc1.[B]=NS.[N-]=[N+]=[N-].[Na+].c1cc2nnnn2cc1C1CO1. The number of carbonyl (C=O) groups excluding carboxylic acids is 4. The largest absolute Gasteiger partial charge is 1.00 e. The minimum Gasteiger partial charge on any atom is -0.373 e. The number of rotatable bonds is 6. The monoisotopic (exact) mass is 1100 g/mol. The number of hydrogen-bond donors (Lipinski definition) is 1. The maximum atomic E-state index is 11.3. The number of epoxide rings is 1. The molecule has 353 valence electrons. The standard InChI is InChI=1S/C7H5BrN4O.C7H6ClNO.2C7H6N4O.C6H3Cl2NO.3CH4.BHNS.ClH.N3.Na/c8-3-6(13)5-1-2-7-9-10-11-12(7)4-5;1-5(10)6-2-3-7(8)9-4-6;1-2-7-8-9-10-11(7)3-5(1)6-4-12-6;1-5(12)6-2-3-7-8-9-10-11(7)4-6;7-5-2-1-4(3-9-5)6(8)10;;;;1-2-3;;1-3-2;/h1-2,4H,3H2;2-4H,1H3;1-3,6H,4H2;2-4H,1H3;1-3H;3*1H4;3H;1H;;/q;;;;;;;;;;-1;+1. The Kier molecular flexibility index (Phi) is 35.3. The van der Waals surface area contributed by atoms with E-state index in [9.17, 15) is 19.2 Å². The first-order valence-electron chi connectivity index (χ1n) is 17.0. The summed E-state index contributed by atoms with van der Waals surface area (Å²) >= 11 is 22.4. The molecular weight excluding hydrogens is 1060 g/mol. The molecule has 0 bridgehead atoms. The van der Waals surface area contributed by atoms with Crippen molar-refractivity contribution in [3.05, 3.63) is 146 Å². The number of ketones is 3. The van der Waals surface area contributed by atoms with Crippen molar-refractivity contribution < 1.29 is 53.5 Å². The van der Waals surface area contributed by atoms with E-state index in [0.717, 1.165) is 17.8 Å². The Morgan fingerprint density at radius 3 is 1.47 bits per heavy atom. The van der Waals surface area contributed by atoms with E-state index in [0.29, 0.717) is 49.2 Å². The normalized spacial score (nSPS) is 10.7. The Hall–Kier alpha value is -5.25. The third-order valence-corrected chi connectivity index (χ3v) is 8.42. The average Bonchev–Trinajstić information content (AvgIpc) is 3.59. The summed E-state index contributed by atoms with van der Waals surface area (Å²) in [6.07, 6.45) is 8.17. The van der Waals surface area contributed by atoms with Crippen LogP contribution < -0.4 is 29.6 Å². The number of pyridine rings is 5. The Labute approximate surface area is 447 Å². The van der Waals surface area contributed by atoms with Gasteiger partial charge in [0, 0.05) is 53.2 Å². The van der Waals surface area contributed by atoms with Gasteiger partial charge in [-0.05, 0) is 111 Å². The summed E-state index contributed by atoms with van der Waals surface area (Å²) in [6.45, 7) is 3.81. The molecule has 31 heteroatoms. The molecule has 0 N–H and O–H groups in total. The molecule has 1 radical (unpaired) electrons. The molecule has 0 aliphatic carbocycles. The van der Waals surface area contributed by atoms with Crippen molar-refractivity contribution in [2.24, 2.45) is 4.30 Å². The molecule has 1 fully saturated rings. The molecule has 1 unspecified atom stereocenters. The first-order chi connectivity index (χ1) is 30.2. The third-order valence-electron chi connectivity index (χ3n) is 7.24. The Balaban J connectivity index is -0.000000743. The van der Waals surface area contributed by atoms with Crippen LogP contribution in [0.3, 0.4) is 0 Å². The van der Waals surface area contributed by atoms with Crippen molar-refractivity contribution in [2.75, 3.05) is 11.9 Å². The van der Waals surface area contributed by atoms with E-state index in [1.807, 2.05) is 18.3 Å². The van der Waals surface area contributed by atoms with Crippen molar-refractivity contribution in [1.82, 2.24) is 70.1 Å². The minimum absolute atomic E-state index is 0. The van der Waals surface area contributed by atoms with E-state index in [-0.39, 0.29) is 87.7 Å². The van der Waals surface area contributed by atoms with Crippen LogP contribution in [0.15, 0.2) is 95.9 Å². The van der Waals surface area contributed by atoms with Gasteiger partial charge in [-0.3, -0.25) is 24.1 Å². The van der Waals surface area contributed by atoms with Gasteiger partial charge in [-0.1, -0.05) is 67.5 Å². The molecule has 9 rings (SSSR count). The van der Waals surface area contributed by atoms with Crippen molar-refractivity contribution >= 4 is 123 Å². The van der Waals surface area contributed by atoms with Crippen molar-refractivity contribution in [3.63, 3.8) is 0 Å². The van der Waals surface area contributed by atoms with Crippen molar-refractivity contribution in [2.45, 2.75) is 42.2 Å². The minimum atomic E-state index is -0.524. The van der Waals surface area contributed by atoms with Gasteiger partial charge in [-0.25, -0.2) is 14.5 Å². The van der Waals surface area contributed by atoms with Gasteiger partial charge < -0.3 is 15.8 Å². The van der Waals surface area contributed by atoms with Gasteiger partial charge in [-0.2, -0.15) is 9.03 Å².